The Hall–Kier alpha value is -6.77. The molecule has 0 spiro atoms. The van der Waals surface area contributed by atoms with Gasteiger partial charge < -0.3 is 29.6 Å². The third-order valence-electron chi connectivity index (χ3n) is 13.6. The van der Waals surface area contributed by atoms with Crippen LogP contribution in [-0.2, 0) is 55.1 Å². The van der Waals surface area contributed by atoms with Crippen LogP contribution in [-0.4, -0.2) is 67.2 Å². The number of nitriles is 1. The Morgan fingerprint density at radius 2 is 1.60 bits per heavy atom. The summed E-state index contributed by atoms with van der Waals surface area (Å²) in [6.45, 7) is 5.40. The van der Waals surface area contributed by atoms with Crippen molar-refractivity contribution < 1.29 is 41.7 Å². The molecule has 1 aromatic heterocycles. The van der Waals surface area contributed by atoms with Crippen molar-refractivity contribution in [3.05, 3.63) is 153 Å². The molecule has 5 aromatic carbocycles. The lowest BCUT2D eigenvalue weighted by molar-refractivity contribution is -0.145. The zero-order valence-corrected chi connectivity index (χ0v) is 42.7. The maximum atomic E-state index is 15.1. The lowest BCUT2D eigenvalue weighted by atomic mass is 9.93. The van der Waals surface area contributed by atoms with Gasteiger partial charge in [-0.3, -0.25) is 9.59 Å². The highest BCUT2D eigenvalue weighted by Gasteiger charge is 2.44. The lowest BCUT2D eigenvalue weighted by Gasteiger charge is -2.36. The topological polar surface area (TPSA) is 186 Å². The van der Waals surface area contributed by atoms with Gasteiger partial charge in [-0.25, -0.2) is 18.2 Å². The van der Waals surface area contributed by atoms with Crippen LogP contribution in [0.4, 0.5) is 5.13 Å². The predicted molar refractivity (Wildman–Crippen MR) is 274 cm³/mol. The van der Waals surface area contributed by atoms with Gasteiger partial charge in [0.1, 0.15) is 31.0 Å². The van der Waals surface area contributed by atoms with Crippen molar-refractivity contribution in [2.75, 3.05) is 19.0 Å². The molecule has 3 heterocycles. The van der Waals surface area contributed by atoms with Crippen molar-refractivity contribution in [1.29, 1.82) is 5.26 Å². The van der Waals surface area contributed by atoms with E-state index in [1.165, 1.54) is 14.0 Å². The zero-order valence-electron chi connectivity index (χ0n) is 40.3. The Labute approximate surface area is 428 Å². The van der Waals surface area contributed by atoms with Gasteiger partial charge in [-0.05, 0) is 133 Å². The van der Waals surface area contributed by atoms with E-state index in [1.54, 1.807) is 31.2 Å². The first kappa shape index (κ1) is 50.2. The number of thiazole rings is 1. The van der Waals surface area contributed by atoms with Crippen molar-refractivity contribution in [2.45, 2.75) is 101 Å². The van der Waals surface area contributed by atoms with Crippen LogP contribution in [0, 0.1) is 31.1 Å². The van der Waals surface area contributed by atoms with Crippen LogP contribution in [0.25, 0.3) is 11.1 Å². The largest absolute Gasteiger partial charge is 0.489 e. The molecule has 3 aliphatic rings. The number of nitrogens with one attached hydrogen (secondary N) is 2. The van der Waals surface area contributed by atoms with Gasteiger partial charge in [-0.1, -0.05) is 96.4 Å². The number of esters is 1. The summed E-state index contributed by atoms with van der Waals surface area (Å²) in [6, 6.07) is 30.7. The summed E-state index contributed by atoms with van der Waals surface area (Å²) in [4.78, 5) is 45.6. The fourth-order valence-electron chi connectivity index (χ4n) is 9.61. The Balaban J connectivity index is 0.976. The molecule has 6 aromatic rings. The Morgan fingerprint density at radius 3 is 2.26 bits per heavy atom. The summed E-state index contributed by atoms with van der Waals surface area (Å²) in [5, 5.41) is 16.3. The molecule has 4 atom stereocenters. The maximum Gasteiger partial charge on any atom is 0.328 e. The first-order valence-corrected chi connectivity index (χ1v) is 26.5. The Morgan fingerprint density at radius 1 is 0.917 bits per heavy atom. The third-order valence-corrected chi connectivity index (χ3v) is 17.6. The monoisotopic (exact) mass is 1030 g/mol. The van der Waals surface area contributed by atoms with Crippen molar-refractivity contribution in [1.82, 2.24) is 14.6 Å². The van der Waals surface area contributed by atoms with Crippen molar-refractivity contribution in [2.24, 2.45) is 5.92 Å². The zero-order chi connectivity index (χ0) is 50.7. The van der Waals surface area contributed by atoms with Gasteiger partial charge in [0.15, 0.2) is 32.7 Å². The fourth-order valence-corrected chi connectivity index (χ4v) is 12.9. The molecule has 17 heteroatoms. The summed E-state index contributed by atoms with van der Waals surface area (Å²) in [6.07, 6.45) is 3.33. The summed E-state index contributed by atoms with van der Waals surface area (Å²) in [5.74, 6) is 0.199. The average Bonchev–Trinajstić information content (AvgIpc) is 4.07. The SMILES string of the molecule is COC(=O)[C@H](Cc1ccc(-c2ccc(C#N)cc2)cc1)NC(=O)[C@@H]1Cc2cc3c(cc2CN1S(=O)(=O)c1sc(NC(C(C)=O)C2CCCC2)nc1C)OC(c1ccc(OCc2ccc(C)c(Cl)c2)cc1)CO3. The van der Waals surface area contributed by atoms with Gasteiger partial charge in [-0.15, -0.1) is 0 Å². The minimum absolute atomic E-state index is 0.0475. The van der Waals surface area contributed by atoms with Gasteiger partial charge in [0, 0.05) is 18.0 Å². The number of ether oxygens (including phenoxy) is 4. The van der Waals surface area contributed by atoms with Crippen LogP contribution < -0.4 is 24.8 Å². The molecule has 2 unspecified atom stereocenters. The van der Waals surface area contributed by atoms with Gasteiger partial charge >= 0.3 is 5.97 Å². The number of halogens is 1. The van der Waals surface area contributed by atoms with E-state index in [0.29, 0.717) is 50.7 Å². The molecular weight excluding hydrogens is 974 g/mol. The molecule has 2 aliphatic heterocycles. The van der Waals surface area contributed by atoms with E-state index in [4.69, 9.17) is 30.5 Å². The van der Waals surface area contributed by atoms with Crippen molar-refractivity contribution in [3.63, 3.8) is 0 Å². The van der Waals surface area contributed by atoms with Gasteiger partial charge in [-0.2, -0.15) is 9.57 Å². The normalized spacial score (nSPS) is 17.5. The first-order valence-electron chi connectivity index (χ1n) is 23.8. The van der Waals surface area contributed by atoms with Crippen LogP contribution >= 0.6 is 22.9 Å². The molecule has 1 fully saturated rings. The minimum atomic E-state index is -4.47. The second kappa shape index (κ2) is 21.5. The van der Waals surface area contributed by atoms with E-state index >= 15 is 8.42 Å². The quantitative estimate of drug-likeness (QED) is 0.0876. The Kier molecular flexibility index (Phi) is 15.0. The fraction of sp³-hybridized carbons (Fsp3) is 0.327. The predicted octanol–water partition coefficient (Wildman–Crippen LogP) is 9.62. The Bertz CT molecular complexity index is 3150. The number of ketones is 1. The first-order chi connectivity index (χ1) is 34.7. The van der Waals surface area contributed by atoms with E-state index in [1.807, 2.05) is 85.8 Å². The number of hydrogen-bond acceptors (Lipinski definition) is 13. The molecule has 0 saturated heterocycles. The minimum Gasteiger partial charge on any atom is -0.489 e. The van der Waals surface area contributed by atoms with E-state index in [0.717, 1.165) is 74.7 Å². The van der Waals surface area contributed by atoms with Gasteiger partial charge in [0.2, 0.25) is 5.91 Å². The number of aryl methyl sites for hydroxylation is 2. The second-order valence-corrected chi connectivity index (χ2v) is 22.0. The van der Waals surface area contributed by atoms with Crippen LogP contribution in [0.1, 0.15) is 83.3 Å². The number of Topliss-reactive ketones (excluding diaryl/α,β-unsaturated/α-hetero) is 1. The molecule has 0 radical (unpaired) electrons. The molecule has 1 amide bonds. The second-order valence-electron chi connectivity index (χ2n) is 18.5. The number of carbonyl (C=O) groups excluding carboxylic acids is 3. The van der Waals surface area contributed by atoms with Gasteiger partial charge in [0.25, 0.3) is 10.0 Å². The molecule has 372 valence electrons. The standard InChI is InChI=1S/C55H54ClN5O9S2/c1-32-9-10-37(23-45(32)56)30-68-44-21-19-40(20-22-44)50-31-69-48-26-42-25-47(52(63)59-46(53(64)67-4)24-35-11-15-38(16-12-35)39-17-13-36(28-57)14-18-39)61(29-43(42)27-49(48)70-50)72(65,66)54-33(2)58-55(71-54)60-51(34(3)62)41-7-5-6-8-41/h9-23,26-27,41,46-47,50-51H,5-8,24-25,29-31H2,1-4H3,(H,58,60)(H,59,63)/t46-,47-,50?,51?/m0/s1. The van der Waals surface area contributed by atoms with E-state index in [9.17, 15) is 19.6 Å². The number of benzene rings is 5. The lowest BCUT2D eigenvalue weighted by Crippen LogP contribution is -2.56. The molecule has 9 rings (SSSR count). The highest BCUT2D eigenvalue weighted by atomic mass is 35.5. The number of amides is 1. The van der Waals surface area contributed by atoms with Crippen LogP contribution in [0.2, 0.25) is 5.02 Å². The van der Waals surface area contributed by atoms with E-state index < -0.39 is 46.1 Å². The number of nitrogens with zero attached hydrogens (tertiary/aromatic N) is 3. The maximum absolute atomic E-state index is 15.1. The van der Waals surface area contributed by atoms with Gasteiger partial charge in [0.05, 0.1) is 30.5 Å². The van der Waals surface area contributed by atoms with Crippen molar-refractivity contribution in [3.8, 4) is 34.4 Å². The number of fused-ring (bicyclic) bond motifs is 2. The summed E-state index contributed by atoms with van der Waals surface area (Å²) in [5.41, 5.74) is 7.35. The molecule has 1 aliphatic carbocycles. The van der Waals surface area contributed by atoms with Crippen LogP contribution in [0.5, 0.6) is 17.2 Å². The van der Waals surface area contributed by atoms with Crippen LogP contribution in [0.3, 0.4) is 0 Å². The molecular formula is C55H54ClN5O9S2. The molecule has 72 heavy (non-hydrogen) atoms. The number of rotatable bonds is 16. The summed E-state index contributed by atoms with van der Waals surface area (Å²) < 4.78 is 55.3. The van der Waals surface area contributed by atoms with E-state index in [-0.39, 0.29) is 47.6 Å². The average molecular weight is 1030 g/mol. The molecule has 0 bridgehead atoms. The number of carbonyl (C=O) groups is 3. The number of aromatic nitrogens is 1. The molecule has 2 N–H and O–H groups in total. The molecule has 1 saturated carbocycles. The number of anilines is 1. The highest BCUT2D eigenvalue weighted by molar-refractivity contribution is 7.91. The van der Waals surface area contributed by atoms with E-state index in [2.05, 4.69) is 21.7 Å². The number of hydrogen-bond donors (Lipinski definition) is 2. The third kappa shape index (κ3) is 11.0. The summed E-state index contributed by atoms with van der Waals surface area (Å²) in [7, 11) is -3.24. The van der Waals surface area contributed by atoms with Crippen LogP contribution in [0.15, 0.2) is 107 Å². The molecule has 14 nitrogen and oxygen atoms in total. The summed E-state index contributed by atoms with van der Waals surface area (Å²) >= 11 is 7.24. The van der Waals surface area contributed by atoms with Crippen molar-refractivity contribution >= 4 is 55.8 Å². The number of sulfonamides is 1. The smallest absolute Gasteiger partial charge is 0.328 e. The number of methoxy groups -OCH3 is 1. The highest BCUT2D eigenvalue weighted by Crippen LogP contribution is 2.43.